The predicted octanol–water partition coefficient (Wildman–Crippen LogP) is 0.812. The number of hydrogen-bond acceptors (Lipinski definition) is 8. The fraction of sp³-hybridized carbons (Fsp3) is 0.550. The predicted molar refractivity (Wildman–Crippen MR) is 110 cm³/mol. The number of carbonyl (C=O) groups excluding carboxylic acids is 3. The number of nitrogens with one attached hydrogen (secondary N) is 1. The maximum atomic E-state index is 13.5. The SMILES string of the molecule is COCCNC(=O)C1CCC(C)N(S(=O)(=O)c2cc(C(=O)OC)ccc2C(=O)OC)C1. The Kier molecular flexibility index (Phi) is 8.54. The molecule has 1 heterocycles. The number of hydrogen-bond donors (Lipinski definition) is 1. The maximum absolute atomic E-state index is 13.5. The molecule has 0 saturated carbocycles. The minimum absolute atomic E-state index is 0.0211. The molecule has 2 unspecified atom stereocenters. The Balaban J connectivity index is 2.42. The van der Waals surface area contributed by atoms with E-state index in [0.717, 1.165) is 13.2 Å². The Morgan fingerprint density at radius 1 is 1.10 bits per heavy atom. The number of carbonyl (C=O) groups is 3. The molecule has 0 aliphatic carbocycles. The highest BCUT2D eigenvalue weighted by atomic mass is 32.2. The monoisotopic (exact) mass is 456 g/mol. The number of sulfonamides is 1. The Hall–Kier alpha value is -2.50. The molecule has 2 atom stereocenters. The summed E-state index contributed by atoms with van der Waals surface area (Å²) in [6.45, 7) is 2.35. The summed E-state index contributed by atoms with van der Waals surface area (Å²) < 4.78 is 42.6. The van der Waals surface area contributed by atoms with Gasteiger partial charge in [-0.1, -0.05) is 0 Å². The van der Waals surface area contributed by atoms with Crippen molar-refractivity contribution in [1.29, 1.82) is 0 Å². The molecule has 1 aliphatic heterocycles. The Labute approximate surface area is 181 Å². The summed E-state index contributed by atoms with van der Waals surface area (Å²) in [5.74, 6) is -2.41. The molecule has 1 N–H and O–H groups in total. The topological polar surface area (TPSA) is 128 Å². The minimum atomic E-state index is -4.23. The summed E-state index contributed by atoms with van der Waals surface area (Å²) in [5, 5.41) is 2.73. The number of ether oxygens (including phenoxy) is 3. The van der Waals surface area contributed by atoms with Crippen molar-refractivity contribution < 1.29 is 37.0 Å². The average Bonchev–Trinajstić information content (AvgIpc) is 2.77. The first-order valence-electron chi connectivity index (χ1n) is 9.76. The fourth-order valence-corrected chi connectivity index (χ4v) is 5.34. The second-order valence-corrected chi connectivity index (χ2v) is 9.03. The maximum Gasteiger partial charge on any atom is 0.339 e. The lowest BCUT2D eigenvalue weighted by molar-refractivity contribution is -0.126. The minimum Gasteiger partial charge on any atom is -0.465 e. The molecule has 0 radical (unpaired) electrons. The number of benzene rings is 1. The van der Waals surface area contributed by atoms with Gasteiger partial charge in [0.05, 0.1) is 42.8 Å². The lowest BCUT2D eigenvalue weighted by Gasteiger charge is -2.36. The standard InChI is InChI=1S/C20H28N2O8S/c1-13-5-6-15(18(23)21-9-10-28-2)12-22(13)31(26,27)17-11-14(19(24)29-3)7-8-16(17)20(25)30-4/h7-8,11,13,15H,5-6,9-10,12H2,1-4H3,(H,21,23). The second kappa shape index (κ2) is 10.7. The molecule has 1 fully saturated rings. The van der Waals surface area contributed by atoms with Crippen molar-refractivity contribution in [2.75, 3.05) is 41.0 Å². The highest BCUT2D eigenvalue weighted by molar-refractivity contribution is 7.89. The molecule has 2 rings (SSSR count). The molecule has 0 spiro atoms. The van der Waals surface area contributed by atoms with Gasteiger partial charge in [0.1, 0.15) is 0 Å². The fourth-order valence-electron chi connectivity index (χ4n) is 3.43. The summed E-state index contributed by atoms with van der Waals surface area (Å²) >= 11 is 0. The van der Waals surface area contributed by atoms with E-state index in [-0.39, 0.29) is 28.5 Å². The first-order chi connectivity index (χ1) is 14.7. The lowest BCUT2D eigenvalue weighted by Crippen LogP contribution is -2.49. The quantitative estimate of drug-likeness (QED) is 0.450. The van der Waals surface area contributed by atoms with E-state index in [1.165, 1.54) is 30.7 Å². The lowest BCUT2D eigenvalue weighted by atomic mass is 9.95. The summed E-state index contributed by atoms with van der Waals surface area (Å²) in [5.41, 5.74) is -0.221. The first-order valence-corrected chi connectivity index (χ1v) is 11.2. The molecule has 1 aromatic carbocycles. The molecule has 0 aromatic heterocycles. The van der Waals surface area contributed by atoms with Crippen molar-refractivity contribution in [3.05, 3.63) is 29.3 Å². The van der Waals surface area contributed by atoms with Crippen LogP contribution in [0.3, 0.4) is 0 Å². The molecule has 1 aliphatic rings. The van der Waals surface area contributed by atoms with Crippen molar-refractivity contribution in [2.45, 2.75) is 30.7 Å². The van der Waals surface area contributed by atoms with Gasteiger partial charge >= 0.3 is 11.9 Å². The molecule has 1 amide bonds. The third kappa shape index (κ3) is 5.60. The normalized spacial score (nSPS) is 19.5. The molecule has 0 bridgehead atoms. The van der Waals surface area contributed by atoms with Crippen molar-refractivity contribution in [3.63, 3.8) is 0 Å². The van der Waals surface area contributed by atoms with Crippen LogP contribution >= 0.6 is 0 Å². The Bertz CT molecular complexity index is 931. The molecule has 10 nitrogen and oxygen atoms in total. The average molecular weight is 457 g/mol. The largest absolute Gasteiger partial charge is 0.465 e. The van der Waals surface area contributed by atoms with Gasteiger partial charge in [-0.25, -0.2) is 18.0 Å². The van der Waals surface area contributed by atoms with E-state index in [4.69, 9.17) is 9.47 Å². The van der Waals surface area contributed by atoms with Crippen LogP contribution in [0.15, 0.2) is 23.1 Å². The summed E-state index contributed by atoms with van der Waals surface area (Å²) in [4.78, 5) is 36.3. The number of nitrogens with zero attached hydrogens (tertiary/aromatic N) is 1. The van der Waals surface area contributed by atoms with Crippen LogP contribution in [-0.4, -0.2) is 77.6 Å². The third-order valence-corrected chi connectivity index (χ3v) is 7.22. The van der Waals surface area contributed by atoms with E-state index in [9.17, 15) is 22.8 Å². The molecule has 31 heavy (non-hydrogen) atoms. The van der Waals surface area contributed by atoms with Gasteiger partial charge in [0, 0.05) is 26.2 Å². The summed E-state index contributed by atoms with van der Waals surface area (Å²) in [7, 11) is -0.408. The number of amides is 1. The number of methoxy groups -OCH3 is 3. The van der Waals surface area contributed by atoms with E-state index < -0.39 is 33.9 Å². The summed E-state index contributed by atoms with van der Waals surface area (Å²) in [6, 6.07) is 3.21. The molecule has 172 valence electrons. The van der Waals surface area contributed by atoms with E-state index in [0.29, 0.717) is 26.0 Å². The number of esters is 2. The second-order valence-electron chi connectivity index (χ2n) is 7.18. The van der Waals surface area contributed by atoms with Gasteiger partial charge in [0.15, 0.2) is 0 Å². The van der Waals surface area contributed by atoms with Gasteiger partial charge in [0.2, 0.25) is 15.9 Å². The van der Waals surface area contributed by atoms with Gasteiger partial charge in [-0.2, -0.15) is 4.31 Å². The van der Waals surface area contributed by atoms with Crippen LogP contribution in [-0.2, 0) is 29.0 Å². The van der Waals surface area contributed by atoms with Gasteiger partial charge in [-0.15, -0.1) is 0 Å². The van der Waals surface area contributed by atoms with Crippen molar-refractivity contribution >= 4 is 27.9 Å². The smallest absolute Gasteiger partial charge is 0.339 e. The third-order valence-electron chi connectivity index (χ3n) is 5.20. The molecule has 1 saturated heterocycles. The Morgan fingerprint density at radius 2 is 1.77 bits per heavy atom. The molecule has 11 heteroatoms. The van der Waals surface area contributed by atoms with Gasteiger partial charge in [-0.3, -0.25) is 4.79 Å². The highest BCUT2D eigenvalue weighted by Gasteiger charge is 2.39. The van der Waals surface area contributed by atoms with Crippen molar-refractivity contribution in [1.82, 2.24) is 9.62 Å². The zero-order valence-corrected chi connectivity index (χ0v) is 18.9. The van der Waals surface area contributed by atoms with Gasteiger partial charge in [-0.05, 0) is 38.0 Å². The van der Waals surface area contributed by atoms with Gasteiger partial charge in [0.25, 0.3) is 0 Å². The van der Waals surface area contributed by atoms with Crippen LogP contribution in [0.1, 0.15) is 40.5 Å². The van der Waals surface area contributed by atoms with Crippen molar-refractivity contribution in [3.8, 4) is 0 Å². The first kappa shape index (κ1) is 24.8. The van der Waals surface area contributed by atoms with Crippen LogP contribution in [0.4, 0.5) is 0 Å². The van der Waals surface area contributed by atoms with Crippen LogP contribution in [0.2, 0.25) is 0 Å². The van der Waals surface area contributed by atoms with Gasteiger partial charge < -0.3 is 19.5 Å². The summed E-state index contributed by atoms with van der Waals surface area (Å²) in [6.07, 6.45) is 0.990. The zero-order valence-electron chi connectivity index (χ0n) is 18.0. The van der Waals surface area contributed by atoms with Crippen LogP contribution in [0.25, 0.3) is 0 Å². The molecular weight excluding hydrogens is 428 g/mol. The van der Waals surface area contributed by atoms with Crippen LogP contribution in [0.5, 0.6) is 0 Å². The van der Waals surface area contributed by atoms with E-state index in [2.05, 4.69) is 10.1 Å². The van der Waals surface area contributed by atoms with E-state index in [1.807, 2.05) is 0 Å². The van der Waals surface area contributed by atoms with Crippen molar-refractivity contribution in [2.24, 2.45) is 5.92 Å². The van der Waals surface area contributed by atoms with E-state index >= 15 is 0 Å². The molecule has 1 aromatic rings. The number of rotatable bonds is 8. The van der Waals surface area contributed by atoms with E-state index in [1.54, 1.807) is 6.92 Å². The zero-order chi connectivity index (χ0) is 23.2. The highest BCUT2D eigenvalue weighted by Crippen LogP contribution is 2.31. The van der Waals surface area contributed by atoms with Crippen LogP contribution < -0.4 is 5.32 Å². The Morgan fingerprint density at radius 3 is 2.39 bits per heavy atom. The number of piperidine rings is 1. The molecular formula is C20H28N2O8S. The van der Waals surface area contributed by atoms with Crippen LogP contribution in [0, 0.1) is 5.92 Å².